The van der Waals surface area contributed by atoms with Crippen LogP contribution in [-0.4, -0.2) is 33.2 Å². The van der Waals surface area contributed by atoms with Crippen LogP contribution in [0.2, 0.25) is 0 Å². The molecular formula is C17H24N4OS. The number of imidazole rings is 1. The molecule has 6 heteroatoms. The van der Waals surface area contributed by atoms with Gasteiger partial charge in [0.2, 0.25) is 0 Å². The van der Waals surface area contributed by atoms with Gasteiger partial charge >= 0.3 is 0 Å². The van der Waals surface area contributed by atoms with Gasteiger partial charge < -0.3 is 9.47 Å². The van der Waals surface area contributed by atoms with Gasteiger partial charge in [-0.3, -0.25) is 9.78 Å². The predicted octanol–water partition coefficient (Wildman–Crippen LogP) is 3.37. The van der Waals surface area contributed by atoms with E-state index in [4.69, 9.17) is 0 Å². The van der Waals surface area contributed by atoms with Crippen molar-refractivity contribution in [3.05, 3.63) is 42.2 Å². The molecule has 0 saturated heterocycles. The third-order valence-electron chi connectivity index (χ3n) is 3.41. The number of nitrogens with zero attached hydrogens (tertiary/aromatic N) is 4. The monoisotopic (exact) mass is 332 g/mol. The SMILES string of the molecule is CN(C(=O)c1cnc(CSCC(C)(C)C)n1C)c1cccnc1. The topological polar surface area (TPSA) is 51.0 Å². The smallest absolute Gasteiger partial charge is 0.276 e. The molecule has 0 aromatic carbocycles. The first kappa shape index (κ1) is 17.5. The highest BCUT2D eigenvalue weighted by Gasteiger charge is 2.19. The van der Waals surface area contributed by atoms with Gasteiger partial charge in [-0.15, -0.1) is 0 Å². The van der Waals surface area contributed by atoms with Crippen LogP contribution in [0, 0.1) is 5.41 Å². The van der Waals surface area contributed by atoms with Crippen LogP contribution in [0.3, 0.4) is 0 Å². The van der Waals surface area contributed by atoms with Crippen molar-refractivity contribution in [1.29, 1.82) is 0 Å². The van der Waals surface area contributed by atoms with E-state index < -0.39 is 0 Å². The highest BCUT2D eigenvalue weighted by molar-refractivity contribution is 7.98. The minimum Gasteiger partial charge on any atom is -0.326 e. The first-order valence-corrected chi connectivity index (χ1v) is 8.71. The maximum absolute atomic E-state index is 12.6. The lowest BCUT2D eigenvalue weighted by molar-refractivity contribution is 0.0985. The first-order chi connectivity index (χ1) is 10.8. The molecule has 2 aromatic rings. The Kier molecular flexibility index (Phi) is 5.46. The van der Waals surface area contributed by atoms with Gasteiger partial charge in [-0.25, -0.2) is 4.98 Å². The normalized spacial score (nSPS) is 11.5. The summed E-state index contributed by atoms with van der Waals surface area (Å²) in [4.78, 5) is 22.7. The van der Waals surface area contributed by atoms with Crippen molar-refractivity contribution in [3.63, 3.8) is 0 Å². The van der Waals surface area contributed by atoms with Crippen molar-refractivity contribution in [2.75, 3.05) is 17.7 Å². The van der Waals surface area contributed by atoms with E-state index in [-0.39, 0.29) is 11.3 Å². The third kappa shape index (κ3) is 4.58. The molecule has 0 aliphatic carbocycles. The largest absolute Gasteiger partial charge is 0.326 e. The molecule has 0 spiro atoms. The number of aromatic nitrogens is 3. The second kappa shape index (κ2) is 7.17. The van der Waals surface area contributed by atoms with Gasteiger partial charge in [0.05, 0.1) is 23.8 Å². The van der Waals surface area contributed by atoms with E-state index in [0.29, 0.717) is 5.69 Å². The Balaban J connectivity index is 2.08. The van der Waals surface area contributed by atoms with E-state index in [1.165, 1.54) is 0 Å². The Morgan fingerprint density at radius 1 is 1.35 bits per heavy atom. The minimum absolute atomic E-state index is 0.0833. The number of hydrogen-bond donors (Lipinski definition) is 0. The van der Waals surface area contributed by atoms with Crippen LogP contribution >= 0.6 is 11.8 Å². The fourth-order valence-electron chi connectivity index (χ4n) is 2.07. The molecule has 0 N–H and O–H groups in total. The molecular weight excluding hydrogens is 308 g/mol. The molecule has 0 bridgehead atoms. The molecule has 124 valence electrons. The van der Waals surface area contributed by atoms with E-state index >= 15 is 0 Å². The van der Waals surface area contributed by atoms with Crippen LogP contribution in [0.15, 0.2) is 30.7 Å². The van der Waals surface area contributed by atoms with E-state index in [0.717, 1.165) is 23.0 Å². The number of amides is 1. The fourth-order valence-corrected chi connectivity index (χ4v) is 3.24. The molecule has 5 nitrogen and oxygen atoms in total. The van der Waals surface area contributed by atoms with Crippen molar-refractivity contribution in [3.8, 4) is 0 Å². The summed E-state index contributed by atoms with van der Waals surface area (Å²) in [5.74, 6) is 2.69. The Morgan fingerprint density at radius 3 is 2.70 bits per heavy atom. The minimum atomic E-state index is -0.0833. The lowest BCUT2D eigenvalue weighted by atomic mass is 10.0. The molecule has 0 atom stereocenters. The number of carbonyl (C=O) groups is 1. The maximum atomic E-state index is 12.6. The van der Waals surface area contributed by atoms with E-state index in [9.17, 15) is 4.79 Å². The molecule has 0 saturated carbocycles. The average molecular weight is 332 g/mol. The molecule has 0 aliphatic heterocycles. The molecule has 0 radical (unpaired) electrons. The van der Waals surface area contributed by atoms with Crippen molar-refractivity contribution < 1.29 is 4.79 Å². The van der Waals surface area contributed by atoms with Crippen LogP contribution in [-0.2, 0) is 12.8 Å². The van der Waals surface area contributed by atoms with Crippen molar-refractivity contribution in [1.82, 2.24) is 14.5 Å². The molecule has 2 rings (SSSR count). The standard InChI is InChI=1S/C17H24N4OS/c1-17(2,3)12-23-11-15-19-10-14(21(15)5)16(22)20(4)13-7-6-8-18-9-13/h6-10H,11-12H2,1-5H3. The summed E-state index contributed by atoms with van der Waals surface area (Å²) in [6, 6.07) is 3.68. The number of anilines is 1. The van der Waals surface area contributed by atoms with Crippen molar-refractivity contribution >= 4 is 23.4 Å². The summed E-state index contributed by atoms with van der Waals surface area (Å²) in [5, 5.41) is 0. The zero-order valence-corrected chi connectivity index (χ0v) is 15.2. The predicted molar refractivity (Wildman–Crippen MR) is 95.8 cm³/mol. The molecule has 0 aliphatic rings. The lowest BCUT2D eigenvalue weighted by Crippen LogP contribution is -2.28. The second-order valence-electron chi connectivity index (χ2n) is 6.75. The average Bonchev–Trinajstić information content (AvgIpc) is 2.87. The zero-order chi connectivity index (χ0) is 17.0. The van der Waals surface area contributed by atoms with Gasteiger partial charge in [-0.1, -0.05) is 20.8 Å². The van der Waals surface area contributed by atoms with E-state index in [1.807, 2.05) is 35.5 Å². The maximum Gasteiger partial charge on any atom is 0.276 e. The molecule has 1 amide bonds. The van der Waals surface area contributed by atoms with Gasteiger partial charge in [0, 0.05) is 20.3 Å². The number of hydrogen-bond acceptors (Lipinski definition) is 4. The van der Waals surface area contributed by atoms with Gasteiger partial charge in [0.15, 0.2) is 0 Å². The van der Waals surface area contributed by atoms with Crippen LogP contribution in [0.1, 0.15) is 37.1 Å². The Bertz CT molecular complexity index is 661. The summed E-state index contributed by atoms with van der Waals surface area (Å²) in [5.41, 5.74) is 1.64. The number of rotatable bonds is 5. The van der Waals surface area contributed by atoms with Crippen LogP contribution in [0.5, 0.6) is 0 Å². The number of carbonyl (C=O) groups excluding carboxylic acids is 1. The zero-order valence-electron chi connectivity index (χ0n) is 14.4. The number of pyridine rings is 1. The summed E-state index contributed by atoms with van der Waals surface area (Å²) >= 11 is 1.84. The van der Waals surface area contributed by atoms with Gasteiger partial charge in [0.1, 0.15) is 11.5 Å². The van der Waals surface area contributed by atoms with Crippen molar-refractivity contribution in [2.45, 2.75) is 26.5 Å². The summed E-state index contributed by atoms with van der Waals surface area (Å²) in [6.07, 6.45) is 5.02. The number of thioether (sulfide) groups is 1. The molecule has 2 heterocycles. The van der Waals surface area contributed by atoms with E-state index in [1.54, 1.807) is 30.5 Å². The highest BCUT2D eigenvalue weighted by Crippen LogP contribution is 2.23. The Morgan fingerprint density at radius 2 is 2.09 bits per heavy atom. The second-order valence-corrected chi connectivity index (χ2v) is 7.73. The quantitative estimate of drug-likeness (QED) is 0.842. The summed E-state index contributed by atoms with van der Waals surface area (Å²) < 4.78 is 1.88. The molecule has 0 unspecified atom stereocenters. The Labute approximate surface area is 142 Å². The van der Waals surface area contributed by atoms with Gasteiger partial charge in [-0.2, -0.15) is 11.8 Å². The third-order valence-corrected chi connectivity index (χ3v) is 4.94. The summed E-state index contributed by atoms with van der Waals surface area (Å²) in [7, 11) is 3.64. The van der Waals surface area contributed by atoms with Crippen LogP contribution < -0.4 is 4.90 Å². The van der Waals surface area contributed by atoms with Crippen molar-refractivity contribution in [2.24, 2.45) is 12.5 Å². The molecule has 2 aromatic heterocycles. The molecule has 23 heavy (non-hydrogen) atoms. The van der Waals surface area contributed by atoms with Crippen LogP contribution in [0.4, 0.5) is 5.69 Å². The fraction of sp³-hybridized carbons (Fsp3) is 0.471. The van der Waals surface area contributed by atoms with Gasteiger partial charge in [-0.05, 0) is 23.3 Å². The van der Waals surface area contributed by atoms with Crippen LogP contribution in [0.25, 0.3) is 0 Å². The molecule has 0 fully saturated rings. The first-order valence-electron chi connectivity index (χ1n) is 7.56. The summed E-state index contributed by atoms with van der Waals surface area (Å²) in [6.45, 7) is 6.66. The van der Waals surface area contributed by atoms with Gasteiger partial charge in [0.25, 0.3) is 5.91 Å². The highest BCUT2D eigenvalue weighted by atomic mass is 32.2. The lowest BCUT2D eigenvalue weighted by Gasteiger charge is -2.18. The Hall–Kier alpha value is -1.82. The van der Waals surface area contributed by atoms with E-state index in [2.05, 4.69) is 30.7 Å².